The largest absolute Gasteiger partial charge is 0.350 e. The van der Waals surface area contributed by atoms with Crippen molar-refractivity contribution >= 4 is 15.9 Å². The van der Waals surface area contributed by atoms with Crippen molar-refractivity contribution in [2.45, 2.75) is 64.4 Å². The molecule has 2 aromatic rings. The lowest BCUT2D eigenvalue weighted by Crippen LogP contribution is -2.45. The molecule has 7 heteroatoms. The molecule has 6 nitrogen and oxygen atoms in total. The van der Waals surface area contributed by atoms with Gasteiger partial charge in [0.15, 0.2) is 0 Å². The molecular weight excluding hydrogens is 422 g/mol. The van der Waals surface area contributed by atoms with Crippen LogP contribution in [0.15, 0.2) is 53.4 Å². The van der Waals surface area contributed by atoms with Gasteiger partial charge >= 0.3 is 0 Å². The van der Waals surface area contributed by atoms with Crippen LogP contribution in [-0.4, -0.2) is 50.4 Å². The Morgan fingerprint density at radius 1 is 1.03 bits per heavy atom. The second-order valence-corrected chi connectivity index (χ2v) is 10.8. The summed E-state index contributed by atoms with van der Waals surface area (Å²) in [5, 5.41) is 3.04. The van der Waals surface area contributed by atoms with E-state index in [1.165, 1.54) is 17.7 Å². The maximum atomic E-state index is 13.0. The van der Waals surface area contributed by atoms with E-state index in [9.17, 15) is 13.2 Å². The molecule has 32 heavy (non-hydrogen) atoms. The van der Waals surface area contributed by atoms with E-state index < -0.39 is 15.6 Å². The molecule has 1 amide bonds. The van der Waals surface area contributed by atoms with Gasteiger partial charge in [-0.15, -0.1) is 0 Å². The van der Waals surface area contributed by atoms with Crippen molar-refractivity contribution in [2.24, 2.45) is 0 Å². The monoisotopic (exact) mass is 459 g/mol. The van der Waals surface area contributed by atoms with Gasteiger partial charge in [-0.3, -0.25) is 9.69 Å². The number of aryl methyl sites for hydroxylation is 1. The van der Waals surface area contributed by atoms with Crippen LogP contribution in [0.1, 0.15) is 56.1 Å². The number of likely N-dealkylation sites (N-methyl/N-ethyl adjacent to an activating group) is 1. The molecule has 1 atom stereocenters. The maximum absolute atomic E-state index is 13.0. The molecule has 2 rings (SSSR count). The van der Waals surface area contributed by atoms with E-state index in [-0.39, 0.29) is 16.8 Å². The van der Waals surface area contributed by atoms with Gasteiger partial charge in [-0.25, -0.2) is 13.1 Å². The van der Waals surface area contributed by atoms with E-state index in [0.29, 0.717) is 12.1 Å². The van der Waals surface area contributed by atoms with E-state index in [1.54, 1.807) is 26.8 Å². The van der Waals surface area contributed by atoms with E-state index >= 15 is 0 Å². The van der Waals surface area contributed by atoms with Crippen molar-refractivity contribution in [1.82, 2.24) is 14.9 Å². The summed E-state index contributed by atoms with van der Waals surface area (Å²) in [4.78, 5) is 15.5. The van der Waals surface area contributed by atoms with Crippen LogP contribution >= 0.6 is 0 Å². The van der Waals surface area contributed by atoms with Crippen LogP contribution in [-0.2, 0) is 16.4 Å². The molecule has 0 aliphatic rings. The Bertz CT molecular complexity index is 995. The highest BCUT2D eigenvalue weighted by Gasteiger charge is 2.24. The predicted octanol–water partition coefficient (Wildman–Crippen LogP) is 3.75. The van der Waals surface area contributed by atoms with Gasteiger partial charge in [0.25, 0.3) is 5.91 Å². The third-order valence-corrected chi connectivity index (χ3v) is 7.10. The molecule has 0 radical (unpaired) electrons. The van der Waals surface area contributed by atoms with Crippen molar-refractivity contribution in [2.75, 3.05) is 19.6 Å². The molecule has 0 aromatic heterocycles. The number of nitrogens with zero attached hydrogens (tertiary/aromatic N) is 1. The zero-order valence-corrected chi connectivity index (χ0v) is 20.9. The first-order chi connectivity index (χ1) is 15.0. The number of carbonyl (C=O) groups is 1. The molecule has 0 heterocycles. The van der Waals surface area contributed by atoms with E-state index in [1.807, 2.05) is 25.1 Å². The lowest BCUT2D eigenvalue weighted by Gasteiger charge is -2.30. The molecule has 1 unspecified atom stereocenters. The number of carbonyl (C=O) groups excluding carboxylic acids is 1. The molecule has 2 aromatic carbocycles. The van der Waals surface area contributed by atoms with Gasteiger partial charge in [-0.2, -0.15) is 0 Å². The first-order valence-corrected chi connectivity index (χ1v) is 12.7. The normalized spacial score (nSPS) is 13.2. The Kier molecular flexibility index (Phi) is 9.01. The Balaban J connectivity index is 2.21. The highest BCUT2D eigenvalue weighted by Crippen LogP contribution is 2.18. The van der Waals surface area contributed by atoms with Crippen molar-refractivity contribution in [3.8, 4) is 0 Å². The second-order valence-electron chi connectivity index (χ2n) is 9.11. The summed E-state index contributed by atoms with van der Waals surface area (Å²) >= 11 is 0. The van der Waals surface area contributed by atoms with Crippen molar-refractivity contribution in [3.63, 3.8) is 0 Å². The Labute approximate surface area is 193 Å². The van der Waals surface area contributed by atoms with Gasteiger partial charge in [0.2, 0.25) is 10.0 Å². The van der Waals surface area contributed by atoms with Gasteiger partial charge in [0.05, 0.1) is 4.90 Å². The standard InChI is InChI=1S/C25H37N3O3S/c1-7-28(8-2)21(16-20-12-10-9-11-13-20)18-26-24(29)23-17-22(15-14-19(23)3)32(30,31)27-25(4,5)6/h9-15,17,21,27H,7-8,16,18H2,1-6H3,(H,26,29). The minimum absolute atomic E-state index is 0.0905. The molecule has 0 aliphatic carbocycles. The maximum Gasteiger partial charge on any atom is 0.251 e. The number of hydrogen-bond donors (Lipinski definition) is 2. The molecule has 2 N–H and O–H groups in total. The number of benzene rings is 2. The predicted molar refractivity (Wildman–Crippen MR) is 130 cm³/mol. The Morgan fingerprint density at radius 3 is 2.22 bits per heavy atom. The van der Waals surface area contributed by atoms with Gasteiger partial charge in [-0.1, -0.05) is 50.2 Å². The van der Waals surface area contributed by atoms with E-state index in [2.05, 4.69) is 40.9 Å². The summed E-state index contributed by atoms with van der Waals surface area (Å²) in [6, 6.07) is 15.1. The van der Waals surface area contributed by atoms with Crippen LogP contribution in [0, 0.1) is 6.92 Å². The van der Waals surface area contributed by atoms with Gasteiger partial charge < -0.3 is 5.32 Å². The fraction of sp³-hybridized carbons (Fsp3) is 0.480. The molecule has 0 saturated heterocycles. The van der Waals surface area contributed by atoms with Crippen LogP contribution in [0.25, 0.3) is 0 Å². The van der Waals surface area contributed by atoms with Crippen molar-refractivity contribution in [3.05, 3.63) is 65.2 Å². The third-order valence-electron chi connectivity index (χ3n) is 5.35. The van der Waals surface area contributed by atoms with Crippen LogP contribution in [0.5, 0.6) is 0 Å². The van der Waals surface area contributed by atoms with E-state index in [4.69, 9.17) is 0 Å². The molecule has 0 bridgehead atoms. The highest BCUT2D eigenvalue weighted by atomic mass is 32.2. The number of hydrogen-bond acceptors (Lipinski definition) is 4. The first kappa shape index (κ1) is 26.0. The van der Waals surface area contributed by atoms with Crippen LogP contribution < -0.4 is 10.0 Å². The third kappa shape index (κ3) is 7.43. The zero-order valence-electron chi connectivity index (χ0n) is 20.1. The zero-order chi connectivity index (χ0) is 23.9. The first-order valence-electron chi connectivity index (χ1n) is 11.2. The number of sulfonamides is 1. The Morgan fingerprint density at radius 2 is 1.66 bits per heavy atom. The molecular formula is C25H37N3O3S. The van der Waals surface area contributed by atoms with E-state index in [0.717, 1.165) is 25.1 Å². The lowest BCUT2D eigenvalue weighted by molar-refractivity contribution is 0.0934. The highest BCUT2D eigenvalue weighted by molar-refractivity contribution is 7.89. The summed E-state index contributed by atoms with van der Waals surface area (Å²) in [5.74, 6) is -0.263. The summed E-state index contributed by atoms with van der Waals surface area (Å²) in [6.07, 6.45) is 0.825. The molecule has 0 fully saturated rings. The fourth-order valence-corrected chi connectivity index (χ4v) is 5.18. The number of amides is 1. The summed E-state index contributed by atoms with van der Waals surface area (Å²) in [7, 11) is -3.72. The van der Waals surface area contributed by atoms with Crippen molar-refractivity contribution < 1.29 is 13.2 Å². The minimum atomic E-state index is -3.72. The quantitative estimate of drug-likeness (QED) is 0.567. The molecule has 0 saturated carbocycles. The topological polar surface area (TPSA) is 78.5 Å². The molecule has 0 aliphatic heterocycles. The van der Waals surface area contributed by atoms with Gasteiger partial charge in [0.1, 0.15) is 0 Å². The summed E-state index contributed by atoms with van der Waals surface area (Å²) in [6.45, 7) is 13.6. The number of rotatable bonds is 10. The molecule has 176 valence electrons. The van der Waals surface area contributed by atoms with Crippen LogP contribution in [0.3, 0.4) is 0 Å². The number of nitrogens with one attached hydrogen (secondary N) is 2. The summed E-state index contributed by atoms with van der Waals surface area (Å²) < 4.78 is 28.1. The van der Waals surface area contributed by atoms with Crippen LogP contribution in [0.2, 0.25) is 0 Å². The fourth-order valence-electron chi connectivity index (χ4n) is 3.74. The van der Waals surface area contributed by atoms with Crippen molar-refractivity contribution in [1.29, 1.82) is 0 Å². The van der Waals surface area contributed by atoms with Crippen LogP contribution in [0.4, 0.5) is 0 Å². The second kappa shape index (κ2) is 11.1. The van der Waals surface area contributed by atoms with Gasteiger partial charge in [0, 0.05) is 23.7 Å². The average molecular weight is 460 g/mol. The lowest BCUT2D eigenvalue weighted by atomic mass is 10.0. The summed E-state index contributed by atoms with van der Waals surface area (Å²) in [5.41, 5.74) is 1.72. The Hall–Kier alpha value is -2.22. The molecule has 0 spiro atoms. The smallest absolute Gasteiger partial charge is 0.251 e. The minimum Gasteiger partial charge on any atom is -0.350 e. The SMILES string of the molecule is CCN(CC)C(CNC(=O)c1cc(S(=O)(=O)NC(C)(C)C)ccc1C)Cc1ccccc1. The van der Waals surface area contributed by atoms with Gasteiger partial charge in [-0.05, 0) is 70.5 Å². The average Bonchev–Trinajstić information content (AvgIpc) is 2.71.